The lowest BCUT2D eigenvalue weighted by Crippen LogP contribution is -2.38. The van der Waals surface area contributed by atoms with E-state index < -0.39 is 0 Å². The summed E-state index contributed by atoms with van der Waals surface area (Å²) in [7, 11) is 1.27. The Bertz CT molecular complexity index is 476. The Kier molecular flexibility index (Phi) is 2.38. The van der Waals surface area contributed by atoms with Crippen LogP contribution in [0.1, 0.15) is 43.4 Å². The molecule has 90 valence electrons. The average Bonchev–Trinajstić information content (AvgIpc) is 2.57. The molecule has 0 amide bonds. The molecule has 1 aromatic carbocycles. The minimum atomic E-state index is 0.462. The maximum absolute atomic E-state index is 2.53. The molecule has 0 nitrogen and oxygen atoms in total. The van der Waals surface area contributed by atoms with Crippen LogP contribution >= 0.6 is 0 Å². The molecule has 0 saturated carbocycles. The van der Waals surface area contributed by atoms with Crippen molar-refractivity contribution in [3.63, 3.8) is 0 Å². The third kappa shape index (κ3) is 1.29. The molecular weight excluding hydrogens is 220 g/mol. The summed E-state index contributed by atoms with van der Waals surface area (Å²) < 4.78 is 0. The van der Waals surface area contributed by atoms with Crippen molar-refractivity contribution in [2.75, 3.05) is 0 Å². The van der Waals surface area contributed by atoms with Crippen LogP contribution in [0.2, 0.25) is 0 Å². The smallest absolute Gasteiger partial charge is 0.0130 e. The third-order valence-corrected chi connectivity index (χ3v) is 7.64. The number of benzene rings is 1. The van der Waals surface area contributed by atoms with Crippen LogP contribution in [-0.4, -0.2) is 10.2 Å². The topological polar surface area (TPSA) is 0 Å². The van der Waals surface area contributed by atoms with E-state index in [-0.39, 0.29) is 0 Å². The van der Waals surface area contributed by atoms with E-state index in [1.165, 1.54) is 10.2 Å². The minimum absolute atomic E-state index is 0.462. The molecule has 0 radical (unpaired) electrons. The van der Waals surface area contributed by atoms with Crippen molar-refractivity contribution < 1.29 is 0 Å². The molecule has 0 N–H and O–H groups in total. The fourth-order valence-electron chi connectivity index (χ4n) is 4.14. The Labute approximate surface area is 108 Å². The molecule has 0 fully saturated rings. The average molecular weight is 242 g/mol. The van der Waals surface area contributed by atoms with Crippen LogP contribution in [0.15, 0.2) is 36.4 Å². The van der Waals surface area contributed by atoms with Gasteiger partial charge in [0.15, 0.2) is 0 Å². The quantitative estimate of drug-likeness (QED) is 0.484. The van der Waals surface area contributed by atoms with Gasteiger partial charge in [0, 0.05) is 16.2 Å². The van der Waals surface area contributed by atoms with Gasteiger partial charge in [0.1, 0.15) is 0 Å². The highest BCUT2D eigenvalue weighted by Gasteiger charge is 2.51. The van der Waals surface area contributed by atoms with Gasteiger partial charge < -0.3 is 0 Å². The van der Waals surface area contributed by atoms with Gasteiger partial charge >= 0.3 is 0 Å². The van der Waals surface area contributed by atoms with Crippen LogP contribution in [-0.2, 0) is 0 Å². The second-order valence-electron chi connectivity index (χ2n) is 6.23. The number of allylic oxidation sites excluding steroid dienone is 2. The van der Waals surface area contributed by atoms with Crippen LogP contribution in [0.3, 0.4) is 0 Å². The van der Waals surface area contributed by atoms with Crippen molar-refractivity contribution >= 4 is 10.2 Å². The van der Waals surface area contributed by atoms with Crippen molar-refractivity contribution in [2.45, 2.75) is 32.2 Å². The normalized spacial score (nSPS) is 43.5. The molecule has 0 spiro atoms. The van der Waals surface area contributed by atoms with Gasteiger partial charge in [0.05, 0.1) is 0 Å². The molecule has 0 bridgehead atoms. The first-order valence-corrected chi connectivity index (χ1v) is 7.99. The van der Waals surface area contributed by atoms with Gasteiger partial charge in [-0.3, -0.25) is 0 Å². The Morgan fingerprint density at radius 3 is 2.41 bits per heavy atom. The lowest BCUT2D eigenvalue weighted by atomic mass is 9.61. The SMILES string of the molecule is CC1C=CC2c3ccccc3C([SiH3])C2(C)C1C. The van der Waals surface area contributed by atoms with E-state index in [0.29, 0.717) is 11.3 Å². The van der Waals surface area contributed by atoms with Crippen molar-refractivity contribution in [1.29, 1.82) is 0 Å². The molecule has 3 rings (SSSR count). The predicted molar refractivity (Wildman–Crippen MR) is 77.4 cm³/mol. The predicted octanol–water partition coefficient (Wildman–Crippen LogP) is 3.04. The highest BCUT2D eigenvalue weighted by molar-refractivity contribution is 6.13. The van der Waals surface area contributed by atoms with E-state index >= 15 is 0 Å². The van der Waals surface area contributed by atoms with E-state index in [9.17, 15) is 0 Å². The maximum atomic E-state index is 2.53. The molecule has 0 aliphatic heterocycles. The standard InChI is InChI=1S/C16H22Si/c1-10-8-9-14-12-6-4-5-7-13(12)15(17)16(14,3)11(10)2/h4-11,14-15H,1-3,17H3. The zero-order valence-electron chi connectivity index (χ0n) is 11.3. The van der Waals surface area contributed by atoms with Crippen molar-refractivity contribution in [3.05, 3.63) is 47.5 Å². The molecule has 5 atom stereocenters. The second kappa shape index (κ2) is 3.58. The Morgan fingerprint density at radius 2 is 1.71 bits per heavy atom. The van der Waals surface area contributed by atoms with Crippen LogP contribution < -0.4 is 0 Å². The Morgan fingerprint density at radius 1 is 1.06 bits per heavy atom. The zero-order valence-corrected chi connectivity index (χ0v) is 13.3. The molecule has 0 saturated heterocycles. The number of hydrogen-bond acceptors (Lipinski definition) is 0. The molecule has 2 aliphatic carbocycles. The van der Waals surface area contributed by atoms with E-state index in [0.717, 1.165) is 17.4 Å². The number of fused-ring (bicyclic) bond motifs is 3. The molecule has 0 heterocycles. The summed E-state index contributed by atoms with van der Waals surface area (Å²) in [6, 6.07) is 9.13. The highest BCUT2D eigenvalue weighted by Crippen LogP contribution is 2.61. The summed E-state index contributed by atoms with van der Waals surface area (Å²) in [5, 5.41) is 0. The van der Waals surface area contributed by atoms with Gasteiger partial charge in [-0.25, -0.2) is 0 Å². The van der Waals surface area contributed by atoms with E-state index in [4.69, 9.17) is 0 Å². The first-order valence-electron chi connectivity index (χ1n) is 6.84. The maximum Gasteiger partial charge on any atom is 0.0130 e. The van der Waals surface area contributed by atoms with Gasteiger partial charge in [0.2, 0.25) is 0 Å². The zero-order chi connectivity index (χ0) is 12.2. The van der Waals surface area contributed by atoms with Crippen LogP contribution in [0.4, 0.5) is 0 Å². The van der Waals surface area contributed by atoms with Crippen LogP contribution in [0.5, 0.6) is 0 Å². The highest BCUT2D eigenvalue weighted by atomic mass is 28.1. The third-order valence-electron chi connectivity index (χ3n) is 5.78. The van der Waals surface area contributed by atoms with Gasteiger partial charge in [-0.1, -0.05) is 57.2 Å². The van der Waals surface area contributed by atoms with Gasteiger partial charge in [0.25, 0.3) is 0 Å². The summed E-state index contributed by atoms with van der Waals surface area (Å²) in [6.07, 6.45) is 4.93. The fourth-order valence-corrected chi connectivity index (χ4v) is 5.55. The summed E-state index contributed by atoms with van der Waals surface area (Å²) in [4.78, 5) is 0. The molecule has 2 aliphatic rings. The molecule has 17 heavy (non-hydrogen) atoms. The Balaban J connectivity index is 2.19. The van der Waals surface area contributed by atoms with Gasteiger partial charge in [-0.05, 0) is 33.9 Å². The first kappa shape index (κ1) is 11.3. The second-order valence-corrected chi connectivity index (χ2v) is 7.38. The largest absolute Gasteiger partial charge is 0.0848 e. The number of rotatable bonds is 0. The van der Waals surface area contributed by atoms with Crippen molar-refractivity contribution in [3.8, 4) is 0 Å². The lowest BCUT2D eigenvalue weighted by Gasteiger charge is -2.45. The van der Waals surface area contributed by atoms with Crippen LogP contribution in [0, 0.1) is 17.3 Å². The lowest BCUT2D eigenvalue weighted by molar-refractivity contribution is 0.138. The van der Waals surface area contributed by atoms with Gasteiger partial charge in [-0.15, -0.1) is 0 Å². The molecule has 0 aromatic heterocycles. The minimum Gasteiger partial charge on any atom is -0.0848 e. The Hall–Kier alpha value is -0.823. The van der Waals surface area contributed by atoms with E-state index in [2.05, 4.69) is 57.2 Å². The van der Waals surface area contributed by atoms with Crippen molar-refractivity contribution in [1.82, 2.24) is 0 Å². The molecular formula is C16H22Si. The van der Waals surface area contributed by atoms with E-state index in [1.807, 2.05) is 0 Å². The first-order chi connectivity index (χ1) is 8.06. The summed E-state index contributed by atoms with van der Waals surface area (Å²) in [6.45, 7) is 7.36. The molecule has 1 heteroatoms. The summed E-state index contributed by atoms with van der Waals surface area (Å²) >= 11 is 0. The van der Waals surface area contributed by atoms with Crippen LogP contribution in [0.25, 0.3) is 0 Å². The van der Waals surface area contributed by atoms with Gasteiger partial charge in [-0.2, -0.15) is 0 Å². The summed E-state index contributed by atoms with van der Waals surface area (Å²) in [5.74, 6) is 2.17. The van der Waals surface area contributed by atoms with E-state index in [1.54, 1.807) is 11.1 Å². The molecule has 1 aromatic rings. The summed E-state index contributed by atoms with van der Waals surface area (Å²) in [5.41, 5.74) is 4.51. The number of hydrogen-bond donors (Lipinski definition) is 0. The molecule has 5 unspecified atom stereocenters. The fraction of sp³-hybridized carbons (Fsp3) is 0.500. The van der Waals surface area contributed by atoms with Crippen molar-refractivity contribution in [2.24, 2.45) is 17.3 Å². The monoisotopic (exact) mass is 242 g/mol.